The van der Waals surface area contributed by atoms with E-state index in [1.54, 1.807) is 25.1 Å². The molecule has 1 N–H and O–H groups in total. The van der Waals surface area contributed by atoms with Gasteiger partial charge in [-0.05, 0) is 74.8 Å². The molecular formula is C27H29FN2O. The van der Waals surface area contributed by atoms with Crippen molar-refractivity contribution in [2.45, 2.75) is 52.1 Å². The number of rotatable bonds is 3. The summed E-state index contributed by atoms with van der Waals surface area (Å²) in [6.45, 7) is 6.11. The van der Waals surface area contributed by atoms with Crippen LogP contribution in [0.25, 0.3) is 11.8 Å². The van der Waals surface area contributed by atoms with Crippen LogP contribution < -0.4 is 0 Å². The van der Waals surface area contributed by atoms with Crippen molar-refractivity contribution in [3.8, 4) is 5.69 Å². The van der Waals surface area contributed by atoms with Crippen LogP contribution in [-0.4, -0.2) is 14.9 Å². The van der Waals surface area contributed by atoms with Crippen LogP contribution in [0.15, 0.2) is 60.3 Å². The van der Waals surface area contributed by atoms with Gasteiger partial charge in [-0.15, -0.1) is 0 Å². The van der Waals surface area contributed by atoms with Gasteiger partial charge in [0.2, 0.25) is 0 Å². The molecule has 31 heavy (non-hydrogen) atoms. The monoisotopic (exact) mass is 416 g/mol. The molecule has 0 bridgehead atoms. The Kier molecular flexibility index (Phi) is 4.67. The molecule has 1 saturated carbocycles. The zero-order chi connectivity index (χ0) is 21.8. The normalized spacial score (nSPS) is 24.7. The molecule has 0 aliphatic heterocycles. The number of nitrogens with zero attached hydrogens (tertiary/aromatic N) is 2. The maximum Gasteiger partial charge on any atom is 0.129 e. The molecule has 0 amide bonds. The topological polar surface area (TPSA) is 38.0 Å². The lowest BCUT2D eigenvalue weighted by atomic mass is 9.54. The Hall–Kier alpha value is -2.72. The molecule has 1 fully saturated rings. The van der Waals surface area contributed by atoms with Crippen molar-refractivity contribution in [2.24, 2.45) is 11.3 Å². The van der Waals surface area contributed by atoms with Crippen LogP contribution >= 0.6 is 0 Å². The molecule has 2 aliphatic carbocycles. The van der Waals surface area contributed by atoms with Gasteiger partial charge in [0.25, 0.3) is 0 Å². The van der Waals surface area contributed by atoms with Gasteiger partial charge in [0.15, 0.2) is 0 Å². The Morgan fingerprint density at radius 3 is 2.65 bits per heavy atom. The lowest BCUT2D eigenvalue weighted by Gasteiger charge is -2.51. The van der Waals surface area contributed by atoms with E-state index in [4.69, 9.17) is 5.10 Å². The molecule has 160 valence electrons. The van der Waals surface area contributed by atoms with Crippen molar-refractivity contribution < 1.29 is 9.50 Å². The van der Waals surface area contributed by atoms with Crippen molar-refractivity contribution in [3.63, 3.8) is 0 Å². The molecule has 0 spiro atoms. The minimum absolute atomic E-state index is 0.0761. The zero-order valence-corrected chi connectivity index (χ0v) is 18.4. The Morgan fingerprint density at radius 2 is 1.90 bits per heavy atom. The largest absolute Gasteiger partial charge is 0.385 e. The van der Waals surface area contributed by atoms with Crippen LogP contribution in [-0.2, 0) is 12.0 Å². The second-order valence-corrected chi connectivity index (χ2v) is 9.64. The van der Waals surface area contributed by atoms with Crippen LogP contribution in [0.3, 0.4) is 0 Å². The fourth-order valence-electron chi connectivity index (χ4n) is 5.89. The van der Waals surface area contributed by atoms with Crippen LogP contribution in [0.5, 0.6) is 0 Å². The lowest BCUT2D eigenvalue weighted by molar-refractivity contribution is -0.0680. The highest BCUT2D eigenvalue weighted by Gasteiger charge is 2.51. The number of allylic oxidation sites excluding steroid dienone is 1. The SMILES string of the molecule is Cc1ccc(-n2ncc3c2C=C2CCC[C@H]([C@@](C)(O)c4ccccc4F)[C@@]2(C)C3)cc1. The molecule has 2 aliphatic rings. The van der Waals surface area contributed by atoms with E-state index in [9.17, 15) is 9.50 Å². The molecule has 0 saturated heterocycles. The molecule has 1 heterocycles. The summed E-state index contributed by atoms with van der Waals surface area (Å²) in [5, 5.41) is 16.4. The van der Waals surface area contributed by atoms with Crippen molar-refractivity contribution in [2.75, 3.05) is 0 Å². The summed E-state index contributed by atoms with van der Waals surface area (Å²) in [4.78, 5) is 0. The average molecular weight is 417 g/mol. The summed E-state index contributed by atoms with van der Waals surface area (Å²) in [7, 11) is 0. The lowest BCUT2D eigenvalue weighted by Crippen LogP contribution is -2.48. The van der Waals surface area contributed by atoms with E-state index in [0.717, 1.165) is 37.1 Å². The Bertz CT molecular complexity index is 1160. The quantitative estimate of drug-likeness (QED) is 0.571. The van der Waals surface area contributed by atoms with Crippen LogP contribution in [0.1, 0.15) is 55.5 Å². The Labute approximate surface area is 183 Å². The second-order valence-electron chi connectivity index (χ2n) is 9.64. The second kappa shape index (κ2) is 7.16. The minimum Gasteiger partial charge on any atom is -0.385 e. The van der Waals surface area contributed by atoms with Crippen LogP contribution in [0, 0.1) is 24.1 Å². The number of fused-ring (bicyclic) bond motifs is 2. The fraction of sp³-hybridized carbons (Fsp3) is 0.370. The number of halogens is 1. The third-order valence-electron chi connectivity index (χ3n) is 7.57. The number of hydrogen-bond acceptors (Lipinski definition) is 2. The molecule has 3 aromatic rings. The van der Waals surface area contributed by atoms with E-state index in [2.05, 4.69) is 44.2 Å². The van der Waals surface area contributed by atoms with Crippen molar-refractivity contribution >= 4 is 6.08 Å². The highest BCUT2D eigenvalue weighted by molar-refractivity contribution is 5.61. The van der Waals surface area contributed by atoms with Gasteiger partial charge in [0, 0.05) is 11.5 Å². The van der Waals surface area contributed by atoms with Gasteiger partial charge in [-0.3, -0.25) is 0 Å². The maximum absolute atomic E-state index is 14.7. The molecule has 5 rings (SSSR count). The molecule has 3 nitrogen and oxygen atoms in total. The Balaban J connectivity index is 1.57. The highest BCUT2D eigenvalue weighted by atomic mass is 19.1. The molecule has 4 heteroatoms. The summed E-state index contributed by atoms with van der Waals surface area (Å²) >= 11 is 0. The number of hydrogen-bond donors (Lipinski definition) is 1. The number of benzene rings is 2. The summed E-state index contributed by atoms with van der Waals surface area (Å²) < 4.78 is 16.7. The smallest absolute Gasteiger partial charge is 0.129 e. The first-order chi connectivity index (χ1) is 14.8. The van der Waals surface area contributed by atoms with Gasteiger partial charge < -0.3 is 5.11 Å². The molecule has 3 atom stereocenters. The minimum atomic E-state index is -1.25. The third kappa shape index (κ3) is 3.16. The fourth-order valence-corrected chi connectivity index (χ4v) is 5.89. The first-order valence-electron chi connectivity index (χ1n) is 11.1. The summed E-state index contributed by atoms with van der Waals surface area (Å²) in [5.41, 5.74) is 4.83. The van der Waals surface area contributed by atoms with Crippen molar-refractivity contribution in [1.29, 1.82) is 0 Å². The first kappa shape index (κ1) is 20.2. The maximum atomic E-state index is 14.7. The van der Waals surface area contributed by atoms with E-state index >= 15 is 0 Å². The number of aliphatic hydroxyl groups is 1. The van der Waals surface area contributed by atoms with Gasteiger partial charge in [-0.1, -0.05) is 48.4 Å². The zero-order valence-electron chi connectivity index (χ0n) is 18.4. The van der Waals surface area contributed by atoms with Gasteiger partial charge in [-0.25, -0.2) is 9.07 Å². The molecule has 1 aromatic heterocycles. The van der Waals surface area contributed by atoms with Gasteiger partial charge >= 0.3 is 0 Å². The molecular weight excluding hydrogens is 387 g/mol. The predicted octanol–water partition coefficient (Wildman–Crippen LogP) is 5.97. The average Bonchev–Trinajstić information content (AvgIpc) is 3.14. The van der Waals surface area contributed by atoms with E-state index in [-0.39, 0.29) is 17.2 Å². The van der Waals surface area contributed by atoms with Crippen molar-refractivity contribution in [3.05, 3.63) is 88.5 Å². The number of aryl methyl sites for hydroxylation is 1. The molecule has 2 aromatic carbocycles. The van der Waals surface area contributed by atoms with Crippen molar-refractivity contribution in [1.82, 2.24) is 9.78 Å². The highest BCUT2D eigenvalue weighted by Crippen LogP contribution is 2.56. The molecule has 0 unspecified atom stereocenters. The van der Waals surface area contributed by atoms with Gasteiger partial charge in [0.1, 0.15) is 5.82 Å². The summed E-state index contributed by atoms with van der Waals surface area (Å²) in [5.74, 6) is -0.413. The van der Waals surface area contributed by atoms with E-state index < -0.39 is 5.60 Å². The summed E-state index contributed by atoms with van der Waals surface area (Å²) in [6, 6.07) is 15.0. The number of aromatic nitrogens is 2. The molecule has 0 radical (unpaired) electrons. The summed E-state index contributed by atoms with van der Waals surface area (Å²) in [6.07, 6.45) is 7.89. The van der Waals surface area contributed by atoms with Crippen LogP contribution in [0.4, 0.5) is 4.39 Å². The van der Waals surface area contributed by atoms with Gasteiger partial charge in [0.05, 0.1) is 23.2 Å². The van der Waals surface area contributed by atoms with Gasteiger partial charge in [-0.2, -0.15) is 5.10 Å². The van der Waals surface area contributed by atoms with E-state index in [0.29, 0.717) is 5.56 Å². The third-order valence-corrected chi connectivity index (χ3v) is 7.57. The first-order valence-corrected chi connectivity index (χ1v) is 11.1. The predicted molar refractivity (Wildman–Crippen MR) is 121 cm³/mol. The standard InChI is InChI=1S/C27H29FN2O/c1-18-11-13-21(14-12-18)30-24-15-20-7-6-10-25(26(20,2)16-19(24)17-29-30)27(3,31)22-8-4-5-9-23(22)28/h4-5,8-9,11-15,17,25,31H,6-7,10,16H2,1-3H3/t25-,26-,27-/m0/s1. The van der Waals surface area contributed by atoms with Crippen LogP contribution in [0.2, 0.25) is 0 Å². The van der Waals surface area contributed by atoms with E-state index in [1.165, 1.54) is 22.8 Å². The van der Waals surface area contributed by atoms with E-state index in [1.807, 2.05) is 10.9 Å². The Morgan fingerprint density at radius 1 is 1.16 bits per heavy atom.